The average Bonchev–Trinajstić information content (AvgIpc) is 2.78. The zero-order chi connectivity index (χ0) is 16.9. The zero-order valence-corrected chi connectivity index (χ0v) is 13.4. The third-order valence-corrected chi connectivity index (χ3v) is 3.90. The second-order valence-corrected chi connectivity index (χ2v) is 5.71. The van der Waals surface area contributed by atoms with E-state index < -0.39 is 0 Å². The molecule has 1 aromatic heterocycles. The first-order chi connectivity index (χ1) is 11.6. The molecule has 0 bridgehead atoms. The minimum atomic E-state index is -0.338. The lowest BCUT2D eigenvalue weighted by atomic mass is 10.0. The van der Waals surface area contributed by atoms with Crippen molar-refractivity contribution in [2.75, 3.05) is 25.1 Å². The summed E-state index contributed by atoms with van der Waals surface area (Å²) >= 11 is 0. The van der Waals surface area contributed by atoms with Crippen molar-refractivity contribution in [3.05, 3.63) is 48.2 Å². The fourth-order valence-electron chi connectivity index (χ4n) is 2.72. The van der Waals surface area contributed by atoms with Gasteiger partial charge in [0, 0.05) is 25.0 Å². The zero-order valence-electron chi connectivity index (χ0n) is 13.4. The molecule has 1 atom stereocenters. The lowest BCUT2D eigenvalue weighted by molar-refractivity contribution is -0.120. The maximum Gasteiger partial charge on any atom is 0.240 e. The van der Waals surface area contributed by atoms with Gasteiger partial charge in [-0.3, -0.25) is 9.78 Å². The van der Waals surface area contributed by atoms with Crippen molar-refractivity contribution in [1.29, 1.82) is 0 Å². The average molecular weight is 330 g/mol. The number of benzene rings is 1. The third-order valence-electron chi connectivity index (χ3n) is 3.90. The van der Waals surface area contributed by atoms with Gasteiger partial charge in [0.15, 0.2) is 0 Å². The summed E-state index contributed by atoms with van der Waals surface area (Å²) in [5.74, 6) is 0.741. The number of nitrogens with zero attached hydrogens (tertiary/aromatic N) is 3. The molecule has 24 heavy (non-hydrogen) atoms. The number of anilines is 1. The Bertz CT molecular complexity index is 711. The van der Waals surface area contributed by atoms with Crippen LogP contribution < -0.4 is 15.0 Å². The predicted molar refractivity (Wildman–Crippen MR) is 87.3 cm³/mol. The normalized spacial score (nSPS) is 16.5. The number of carbonyl (C=O) groups excluding carboxylic acids is 1. The fraction of sp³-hybridized carbons (Fsp3) is 0.353. The van der Waals surface area contributed by atoms with Crippen molar-refractivity contribution >= 4 is 11.7 Å². The highest BCUT2D eigenvalue weighted by Crippen LogP contribution is 2.32. The minimum absolute atomic E-state index is 0.140. The van der Waals surface area contributed by atoms with E-state index in [2.05, 4.69) is 15.3 Å². The van der Waals surface area contributed by atoms with Gasteiger partial charge in [0.05, 0.1) is 25.4 Å². The summed E-state index contributed by atoms with van der Waals surface area (Å²) in [5.41, 5.74) is 0.683. The molecule has 3 rings (SSSR count). The first-order valence-electron chi connectivity index (χ1n) is 7.82. The minimum Gasteiger partial charge on any atom is -0.493 e. The van der Waals surface area contributed by atoms with Gasteiger partial charge >= 0.3 is 0 Å². The van der Waals surface area contributed by atoms with Crippen LogP contribution >= 0.6 is 0 Å². The number of hydrogen-bond acceptors (Lipinski definition) is 5. The molecule has 0 saturated heterocycles. The van der Waals surface area contributed by atoms with Crippen LogP contribution in [0.2, 0.25) is 0 Å². The van der Waals surface area contributed by atoms with Gasteiger partial charge in [-0.05, 0) is 31.0 Å². The molecule has 0 spiro atoms. The lowest BCUT2D eigenvalue weighted by Crippen LogP contribution is -2.37. The molecule has 1 amide bonds. The Hall–Kier alpha value is -2.70. The predicted octanol–water partition coefficient (Wildman–Crippen LogP) is 2.08. The van der Waals surface area contributed by atoms with E-state index >= 15 is 0 Å². The van der Waals surface area contributed by atoms with E-state index in [1.54, 1.807) is 36.6 Å². The Balaban J connectivity index is 1.69. The van der Waals surface area contributed by atoms with Crippen molar-refractivity contribution in [3.63, 3.8) is 0 Å². The van der Waals surface area contributed by atoms with Crippen LogP contribution in [0.3, 0.4) is 0 Å². The molecular formula is C17H19FN4O2. The number of amides is 1. The number of nitrogens with one attached hydrogen (secondary N) is 1. The summed E-state index contributed by atoms with van der Waals surface area (Å²) in [6, 6.07) is 4.14. The largest absolute Gasteiger partial charge is 0.493 e. The molecule has 0 fully saturated rings. The molecule has 7 heteroatoms. The summed E-state index contributed by atoms with van der Waals surface area (Å²) in [6.45, 7) is 0.700. The van der Waals surface area contributed by atoms with E-state index in [4.69, 9.17) is 4.74 Å². The van der Waals surface area contributed by atoms with Gasteiger partial charge < -0.3 is 15.0 Å². The summed E-state index contributed by atoms with van der Waals surface area (Å²) in [7, 11) is 1.77. The Labute approximate surface area is 139 Å². The standard InChI is InChI=1S/C17H19FN4O2/c1-22(16-10-19-6-7-20-16)11-17(23)21-14-3-2-8-24-15-5-4-12(18)9-13(14)15/h4-7,9-10,14H,2-3,8,11H2,1H3,(H,21,23). The van der Waals surface area contributed by atoms with Crippen LogP contribution in [0.5, 0.6) is 5.75 Å². The van der Waals surface area contributed by atoms with Crippen LogP contribution in [0.25, 0.3) is 0 Å². The molecule has 1 aliphatic rings. The van der Waals surface area contributed by atoms with E-state index in [1.165, 1.54) is 12.1 Å². The van der Waals surface area contributed by atoms with Crippen LogP contribution in [0.1, 0.15) is 24.4 Å². The molecule has 126 valence electrons. The van der Waals surface area contributed by atoms with Gasteiger partial charge in [-0.25, -0.2) is 9.37 Å². The number of ether oxygens (including phenoxy) is 1. The number of halogens is 1. The second kappa shape index (κ2) is 7.25. The third kappa shape index (κ3) is 3.79. The second-order valence-electron chi connectivity index (χ2n) is 5.71. The smallest absolute Gasteiger partial charge is 0.240 e. The summed E-state index contributed by atoms with van der Waals surface area (Å²) in [6.07, 6.45) is 6.25. The molecule has 2 heterocycles. The molecule has 1 N–H and O–H groups in total. The molecule has 2 aromatic rings. The lowest BCUT2D eigenvalue weighted by Gasteiger charge is -2.21. The first-order valence-corrected chi connectivity index (χ1v) is 7.82. The van der Waals surface area contributed by atoms with E-state index in [9.17, 15) is 9.18 Å². The molecule has 1 unspecified atom stereocenters. The van der Waals surface area contributed by atoms with Gasteiger partial charge in [-0.1, -0.05) is 0 Å². The van der Waals surface area contributed by atoms with Crippen molar-refractivity contribution in [3.8, 4) is 5.75 Å². The molecule has 0 aliphatic carbocycles. The van der Waals surface area contributed by atoms with Crippen LogP contribution in [-0.4, -0.2) is 36.1 Å². The van der Waals surface area contributed by atoms with Crippen molar-refractivity contribution in [2.45, 2.75) is 18.9 Å². The summed E-state index contributed by atoms with van der Waals surface area (Å²) in [5, 5.41) is 2.97. The van der Waals surface area contributed by atoms with E-state index in [-0.39, 0.29) is 24.3 Å². The highest BCUT2D eigenvalue weighted by Gasteiger charge is 2.22. The summed E-state index contributed by atoms with van der Waals surface area (Å²) in [4.78, 5) is 22.2. The number of aromatic nitrogens is 2. The number of likely N-dealkylation sites (N-methyl/N-ethyl adjacent to an activating group) is 1. The van der Waals surface area contributed by atoms with Crippen LogP contribution in [-0.2, 0) is 4.79 Å². The molecule has 0 radical (unpaired) electrons. The van der Waals surface area contributed by atoms with E-state index in [0.29, 0.717) is 30.2 Å². The van der Waals surface area contributed by atoms with Crippen molar-refractivity contribution < 1.29 is 13.9 Å². The highest BCUT2D eigenvalue weighted by atomic mass is 19.1. The van der Waals surface area contributed by atoms with E-state index in [0.717, 1.165) is 6.42 Å². The van der Waals surface area contributed by atoms with Crippen molar-refractivity contribution in [1.82, 2.24) is 15.3 Å². The fourth-order valence-corrected chi connectivity index (χ4v) is 2.72. The number of rotatable bonds is 4. The van der Waals surface area contributed by atoms with Crippen LogP contribution in [0.4, 0.5) is 10.2 Å². The molecule has 0 saturated carbocycles. The van der Waals surface area contributed by atoms with Gasteiger partial charge in [0.1, 0.15) is 17.4 Å². The Kier molecular flexibility index (Phi) is 4.88. The van der Waals surface area contributed by atoms with Gasteiger partial charge in [-0.15, -0.1) is 0 Å². The topological polar surface area (TPSA) is 67.4 Å². The number of fused-ring (bicyclic) bond motifs is 1. The molecular weight excluding hydrogens is 311 g/mol. The van der Waals surface area contributed by atoms with Crippen LogP contribution in [0.15, 0.2) is 36.8 Å². The van der Waals surface area contributed by atoms with Gasteiger partial charge in [-0.2, -0.15) is 0 Å². The first kappa shape index (κ1) is 16.2. The Morgan fingerprint density at radius 2 is 2.33 bits per heavy atom. The Morgan fingerprint density at radius 3 is 3.12 bits per heavy atom. The highest BCUT2D eigenvalue weighted by molar-refractivity contribution is 5.81. The quantitative estimate of drug-likeness (QED) is 0.930. The van der Waals surface area contributed by atoms with Gasteiger partial charge in [0.25, 0.3) is 0 Å². The van der Waals surface area contributed by atoms with Crippen molar-refractivity contribution in [2.24, 2.45) is 0 Å². The monoisotopic (exact) mass is 330 g/mol. The maximum absolute atomic E-state index is 13.6. The number of carbonyl (C=O) groups is 1. The Morgan fingerprint density at radius 1 is 1.46 bits per heavy atom. The van der Waals surface area contributed by atoms with E-state index in [1.807, 2.05) is 0 Å². The number of hydrogen-bond donors (Lipinski definition) is 1. The molecule has 1 aromatic carbocycles. The molecule has 6 nitrogen and oxygen atoms in total. The van der Waals surface area contributed by atoms with Crippen LogP contribution in [0, 0.1) is 5.82 Å². The van der Waals surface area contributed by atoms with Gasteiger partial charge in [0.2, 0.25) is 5.91 Å². The molecule has 1 aliphatic heterocycles. The summed E-state index contributed by atoms with van der Waals surface area (Å²) < 4.78 is 19.2. The maximum atomic E-state index is 13.6. The SMILES string of the molecule is CN(CC(=O)NC1CCCOc2ccc(F)cc21)c1cnccn1.